The van der Waals surface area contributed by atoms with E-state index in [1.54, 1.807) is 13.2 Å². The average molecular weight is 243 g/mol. The number of pyridine rings is 1. The van der Waals surface area contributed by atoms with Crippen LogP contribution in [0.3, 0.4) is 0 Å². The van der Waals surface area contributed by atoms with Crippen molar-refractivity contribution in [2.24, 2.45) is 0 Å². The van der Waals surface area contributed by atoms with Crippen molar-refractivity contribution in [3.05, 3.63) is 48.0 Å². The van der Waals surface area contributed by atoms with Gasteiger partial charge in [0.25, 0.3) is 0 Å². The number of nitrogen functional groups attached to an aromatic ring is 1. The summed E-state index contributed by atoms with van der Waals surface area (Å²) in [6.45, 7) is 0.809. The lowest BCUT2D eigenvalue weighted by Crippen LogP contribution is -2.07. The molecule has 2 rings (SSSR count). The molecule has 0 fully saturated rings. The highest BCUT2D eigenvalue weighted by Crippen LogP contribution is 2.13. The predicted molar refractivity (Wildman–Crippen MR) is 73.8 cm³/mol. The van der Waals surface area contributed by atoms with Gasteiger partial charge < -0.3 is 15.8 Å². The van der Waals surface area contributed by atoms with Crippen molar-refractivity contribution < 1.29 is 4.74 Å². The van der Waals surface area contributed by atoms with Crippen molar-refractivity contribution in [1.29, 1.82) is 0 Å². The fourth-order valence-electron chi connectivity index (χ4n) is 1.71. The molecule has 0 amide bonds. The van der Waals surface area contributed by atoms with E-state index in [9.17, 15) is 0 Å². The monoisotopic (exact) mass is 243 g/mol. The molecule has 0 aliphatic heterocycles. The molecule has 0 radical (unpaired) electrons. The van der Waals surface area contributed by atoms with Crippen molar-refractivity contribution in [2.45, 2.75) is 6.42 Å². The van der Waals surface area contributed by atoms with E-state index in [-0.39, 0.29) is 0 Å². The van der Waals surface area contributed by atoms with Gasteiger partial charge in [-0.3, -0.25) is 0 Å². The minimum atomic E-state index is 0.529. The van der Waals surface area contributed by atoms with Gasteiger partial charge in [0.2, 0.25) is 0 Å². The lowest BCUT2D eigenvalue weighted by atomic mass is 10.1. The molecule has 1 aromatic carbocycles. The van der Waals surface area contributed by atoms with Gasteiger partial charge >= 0.3 is 0 Å². The fourth-order valence-corrected chi connectivity index (χ4v) is 1.71. The highest BCUT2D eigenvalue weighted by molar-refractivity contribution is 5.42. The van der Waals surface area contributed by atoms with Crippen LogP contribution in [0.25, 0.3) is 0 Å². The first-order valence-electron chi connectivity index (χ1n) is 5.87. The Bertz CT molecular complexity index is 514. The van der Waals surface area contributed by atoms with Crippen molar-refractivity contribution in [1.82, 2.24) is 4.98 Å². The first kappa shape index (κ1) is 12.2. The van der Waals surface area contributed by atoms with Crippen molar-refractivity contribution in [3.63, 3.8) is 0 Å². The minimum Gasteiger partial charge on any atom is -0.497 e. The Labute approximate surface area is 107 Å². The number of hydrogen-bond acceptors (Lipinski definition) is 4. The summed E-state index contributed by atoms with van der Waals surface area (Å²) in [6.07, 6.45) is 0.910. The van der Waals surface area contributed by atoms with E-state index in [0.717, 1.165) is 24.5 Å². The number of rotatable bonds is 5. The quantitative estimate of drug-likeness (QED) is 0.846. The molecule has 18 heavy (non-hydrogen) atoms. The molecule has 0 bridgehead atoms. The standard InChI is InChI=1S/C14H17N3O/c1-18-12-5-2-4-11(10-12)8-9-16-14-7-3-6-13(15)17-14/h2-7,10H,8-9H2,1H3,(H3,15,16,17). The summed E-state index contributed by atoms with van der Waals surface area (Å²) in [5.41, 5.74) is 6.84. The van der Waals surface area contributed by atoms with Crippen LogP contribution >= 0.6 is 0 Å². The zero-order valence-corrected chi connectivity index (χ0v) is 10.4. The molecule has 94 valence electrons. The lowest BCUT2D eigenvalue weighted by Gasteiger charge is -2.07. The number of ether oxygens (including phenoxy) is 1. The Kier molecular flexibility index (Phi) is 4.02. The van der Waals surface area contributed by atoms with E-state index in [4.69, 9.17) is 10.5 Å². The zero-order valence-electron chi connectivity index (χ0n) is 10.4. The summed E-state index contributed by atoms with van der Waals surface area (Å²) < 4.78 is 5.19. The third-order valence-corrected chi connectivity index (χ3v) is 2.62. The minimum absolute atomic E-state index is 0.529. The highest BCUT2D eigenvalue weighted by atomic mass is 16.5. The number of nitrogens with one attached hydrogen (secondary N) is 1. The summed E-state index contributed by atoms with van der Waals surface area (Å²) in [5, 5.41) is 3.24. The molecule has 4 nitrogen and oxygen atoms in total. The van der Waals surface area contributed by atoms with Crippen LogP contribution < -0.4 is 15.8 Å². The van der Waals surface area contributed by atoms with Gasteiger partial charge in [0.05, 0.1) is 7.11 Å². The van der Waals surface area contributed by atoms with Crippen LogP contribution in [0.2, 0.25) is 0 Å². The lowest BCUT2D eigenvalue weighted by molar-refractivity contribution is 0.414. The van der Waals surface area contributed by atoms with Crippen molar-refractivity contribution in [3.8, 4) is 5.75 Å². The first-order valence-corrected chi connectivity index (χ1v) is 5.87. The summed E-state index contributed by atoms with van der Waals surface area (Å²) in [7, 11) is 1.67. The molecule has 0 aliphatic rings. The number of benzene rings is 1. The Hall–Kier alpha value is -2.23. The van der Waals surface area contributed by atoms with E-state index < -0.39 is 0 Å². The molecular formula is C14H17N3O. The molecule has 0 spiro atoms. The number of hydrogen-bond donors (Lipinski definition) is 2. The smallest absolute Gasteiger partial charge is 0.128 e. The number of nitrogens with two attached hydrogens (primary N) is 1. The van der Waals surface area contributed by atoms with Crippen LogP contribution in [-0.4, -0.2) is 18.6 Å². The van der Waals surface area contributed by atoms with Gasteiger partial charge in [-0.05, 0) is 36.2 Å². The van der Waals surface area contributed by atoms with Gasteiger partial charge in [-0.2, -0.15) is 0 Å². The maximum absolute atomic E-state index is 5.61. The number of nitrogens with zero attached hydrogens (tertiary/aromatic N) is 1. The van der Waals surface area contributed by atoms with E-state index in [1.165, 1.54) is 5.56 Å². The van der Waals surface area contributed by atoms with Gasteiger partial charge in [0.15, 0.2) is 0 Å². The second-order valence-corrected chi connectivity index (χ2v) is 3.98. The van der Waals surface area contributed by atoms with Crippen LogP contribution in [0.4, 0.5) is 11.6 Å². The Morgan fingerprint density at radius 1 is 1.22 bits per heavy atom. The molecule has 1 heterocycles. The van der Waals surface area contributed by atoms with Crippen LogP contribution in [0.15, 0.2) is 42.5 Å². The van der Waals surface area contributed by atoms with E-state index in [2.05, 4.69) is 16.4 Å². The Morgan fingerprint density at radius 2 is 2.06 bits per heavy atom. The molecule has 0 atom stereocenters. The molecular weight excluding hydrogens is 226 g/mol. The third-order valence-electron chi connectivity index (χ3n) is 2.62. The van der Waals surface area contributed by atoms with Gasteiger partial charge in [-0.25, -0.2) is 4.98 Å². The Morgan fingerprint density at radius 3 is 2.83 bits per heavy atom. The molecule has 0 saturated heterocycles. The summed E-state index contributed by atoms with van der Waals surface area (Å²) in [5.74, 6) is 2.22. The van der Waals surface area contributed by atoms with Crippen molar-refractivity contribution in [2.75, 3.05) is 24.7 Å². The van der Waals surface area contributed by atoms with E-state index >= 15 is 0 Å². The van der Waals surface area contributed by atoms with Gasteiger partial charge in [-0.1, -0.05) is 18.2 Å². The van der Waals surface area contributed by atoms with Crippen LogP contribution in [0.1, 0.15) is 5.56 Å². The van der Waals surface area contributed by atoms with Gasteiger partial charge in [0, 0.05) is 6.54 Å². The van der Waals surface area contributed by atoms with Crippen LogP contribution in [0.5, 0.6) is 5.75 Å². The summed E-state index contributed by atoms with van der Waals surface area (Å²) in [6, 6.07) is 13.6. The molecule has 0 aliphatic carbocycles. The number of aromatic nitrogens is 1. The van der Waals surface area contributed by atoms with Crippen LogP contribution in [0, 0.1) is 0 Å². The second-order valence-electron chi connectivity index (χ2n) is 3.98. The zero-order chi connectivity index (χ0) is 12.8. The first-order chi connectivity index (χ1) is 8.78. The van der Waals surface area contributed by atoms with Crippen LogP contribution in [-0.2, 0) is 6.42 Å². The maximum Gasteiger partial charge on any atom is 0.128 e. The van der Waals surface area contributed by atoms with Gasteiger partial charge in [0.1, 0.15) is 17.4 Å². The molecule has 1 aromatic heterocycles. The predicted octanol–water partition coefficient (Wildman–Crippen LogP) is 2.33. The van der Waals surface area contributed by atoms with E-state index in [1.807, 2.05) is 30.3 Å². The largest absolute Gasteiger partial charge is 0.497 e. The number of anilines is 2. The van der Waals surface area contributed by atoms with E-state index in [0.29, 0.717) is 5.82 Å². The summed E-state index contributed by atoms with van der Waals surface area (Å²) in [4.78, 5) is 4.18. The van der Waals surface area contributed by atoms with Gasteiger partial charge in [-0.15, -0.1) is 0 Å². The second kappa shape index (κ2) is 5.91. The molecule has 0 saturated carbocycles. The average Bonchev–Trinajstić information content (AvgIpc) is 2.39. The summed E-state index contributed by atoms with van der Waals surface area (Å²) >= 11 is 0. The molecule has 3 N–H and O–H groups in total. The topological polar surface area (TPSA) is 60.2 Å². The third kappa shape index (κ3) is 3.38. The normalized spacial score (nSPS) is 10.1. The molecule has 0 unspecified atom stereocenters. The highest BCUT2D eigenvalue weighted by Gasteiger charge is 1.97. The Balaban J connectivity index is 1.88. The molecule has 2 aromatic rings. The fraction of sp³-hybridized carbons (Fsp3) is 0.214. The SMILES string of the molecule is COc1cccc(CCNc2cccc(N)n2)c1. The molecule has 4 heteroatoms. The maximum atomic E-state index is 5.61. The van der Waals surface area contributed by atoms with Crippen molar-refractivity contribution >= 4 is 11.6 Å². The number of methoxy groups -OCH3 is 1.